The Bertz CT molecular complexity index is 171. The molecule has 1 fully saturated rings. The van der Waals surface area contributed by atoms with Crippen LogP contribution < -0.4 is 0 Å². The third-order valence-electron chi connectivity index (χ3n) is 3.79. The lowest BCUT2D eigenvalue weighted by molar-refractivity contribution is -0.0547. The molecule has 0 bridgehead atoms. The number of hydrogen-bond donors (Lipinski definition) is 1. The van der Waals surface area contributed by atoms with Crippen LogP contribution in [0.1, 0.15) is 46.0 Å². The van der Waals surface area contributed by atoms with Crippen molar-refractivity contribution >= 4 is 0 Å². The lowest BCUT2D eigenvalue weighted by Gasteiger charge is -2.47. The summed E-state index contributed by atoms with van der Waals surface area (Å²) in [4.78, 5) is 2.25. The van der Waals surface area contributed by atoms with Gasteiger partial charge < -0.3 is 10.0 Å². The van der Waals surface area contributed by atoms with Gasteiger partial charge in [0, 0.05) is 5.54 Å². The number of aliphatic hydroxyl groups is 1. The fraction of sp³-hybridized carbons (Fsp3) is 1.00. The Hall–Kier alpha value is -0.0800. The molecular weight excluding hydrogens is 174 g/mol. The van der Waals surface area contributed by atoms with Crippen LogP contribution in [0.4, 0.5) is 0 Å². The molecule has 0 saturated heterocycles. The summed E-state index contributed by atoms with van der Waals surface area (Å²) in [5.41, 5.74) is 0.0480. The highest BCUT2D eigenvalue weighted by Gasteiger charge is 2.41. The molecule has 0 amide bonds. The first-order valence-corrected chi connectivity index (χ1v) is 5.86. The zero-order valence-corrected chi connectivity index (χ0v) is 10.1. The lowest BCUT2D eigenvalue weighted by Crippen LogP contribution is -2.56. The number of aliphatic hydroxyl groups excluding tert-OH is 1. The van der Waals surface area contributed by atoms with Crippen LogP contribution in [0.25, 0.3) is 0 Å². The van der Waals surface area contributed by atoms with Crippen LogP contribution in [0.3, 0.4) is 0 Å². The Morgan fingerprint density at radius 2 is 1.57 bits per heavy atom. The van der Waals surface area contributed by atoms with Crippen molar-refractivity contribution in [2.45, 2.75) is 57.6 Å². The summed E-state index contributed by atoms with van der Waals surface area (Å²) in [7, 11) is 4.22. The van der Waals surface area contributed by atoms with Crippen molar-refractivity contribution in [2.75, 3.05) is 14.1 Å². The summed E-state index contributed by atoms with van der Waals surface area (Å²) in [5.74, 6) is 0.357. The summed E-state index contributed by atoms with van der Waals surface area (Å²) in [5, 5.41) is 10.3. The third-order valence-corrected chi connectivity index (χ3v) is 3.79. The lowest BCUT2D eigenvalue weighted by atomic mass is 9.73. The van der Waals surface area contributed by atoms with E-state index in [-0.39, 0.29) is 11.6 Å². The molecule has 84 valence electrons. The highest BCUT2D eigenvalue weighted by molar-refractivity contribution is 4.97. The topological polar surface area (TPSA) is 23.5 Å². The fourth-order valence-corrected chi connectivity index (χ4v) is 2.79. The highest BCUT2D eigenvalue weighted by atomic mass is 16.3. The van der Waals surface area contributed by atoms with Crippen LogP contribution in [-0.2, 0) is 0 Å². The van der Waals surface area contributed by atoms with Gasteiger partial charge in [-0.25, -0.2) is 0 Å². The minimum Gasteiger partial charge on any atom is -0.391 e. The minimum atomic E-state index is -0.183. The summed E-state index contributed by atoms with van der Waals surface area (Å²) >= 11 is 0. The molecule has 1 rings (SSSR count). The molecule has 1 unspecified atom stereocenters. The SMILES string of the molecule is CC(C)C(O)C1(N(C)C)CCCCC1. The maximum absolute atomic E-state index is 10.3. The maximum Gasteiger partial charge on any atom is 0.0746 e. The highest BCUT2D eigenvalue weighted by Crippen LogP contribution is 2.37. The van der Waals surface area contributed by atoms with Gasteiger partial charge in [-0.05, 0) is 32.9 Å². The minimum absolute atomic E-state index is 0.0480. The first-order chi connectivity index (χ1) is 6.50. The summed E-state index contributed by atoms with van der Waals surface area (Å²) < 4.78 is 0. The van der Waals surface area contributed by atoms with E-state index in [1.54, 1.807) is 0 Å². The van der Waals surface area contributed by atoms with Crippen molar-refractivity contribution in [1.29, 1.82) is 0 Å². The van der Waals surface area contributed by atoms with E-state index >= 15 is 0 Å². The number of rotatable bonds is 3. The van der Waals surface area contributed by atoms with E-state index in [0.29, 0.717) is 5.92 Å². The molecule has 2 heteroatoms. The molecule has 0 aromatic carbocycles. The fourth-order valence-electron chi connectivity index (χ4n) is 2.79. The molecule has 0 radical (unpaired) electrons. The largest absolute Gasteiger partial charge is 0.391 e. The standard InChI is InChI=1S/C12H25NO/c1-10(2)11(14)12(13(3)4)8-6-5-7-9-12/h10-11,14H,5-9H2,1-4H3. The van der Waals surface area contributed by atoms with E-state index in [1.165, 1.54) is 19.3 Å². The van der Waals surface area contributed by atoms with Gasteiger partial charge in [-0.2, -0.15) is 0 Å². The van der Waals surface area contributed by atoms with Gasteiger partial charge in [0.15, 0.2) is 0 Å². The molecule has 0 spiro atoms. The quantitative estimate of drug-likeness (QED) is 0.753. The van der Waals surface area contributed by atoms with E-state index in [4.69, 9.17) is 0 Å². The molecule has 0 aromatic heterocycles. The summed E-state index contributed by atoms with van der Waals surface area (Å²) in [6.45, 7) is 4.23. The molecule has 14 heavy (non-hydrogen) atoms. The molecule has 0 aromatic rings. The zero-order valence-electron chi connectivity index (χ0n) is 10.1. The third kappa shape index (κ3) is 2.12. The molecule has 1 aliphatic rings. The average Bonchev–Trinajstić information content (AvgIpc) is 2.17. The van der Waals surface area contributed by atoms with Gasteiger partial charge in [-0.15, -0.1) is 0 Å². The Morgan fingerprint density at radius 1 is 1.07 bits per heavy atom. The molecule has 1 N–H and O–H groups in total. The van der Waals surface area contributed by atoms with Crippen LogP contribution in [0.15, 0.2) is 0 Å². The average molecular weight is 199 g/mol. The Labute approximate surface area is 88.3 Å². The van der Waals surface area contributed by atoms with Gasteiger partial charge in [-0.3, -0.25) is 0 Å². The monoisotopic (exact) mass is 199 g/mol. The normalized spacial score (nSPS) is 24.2. The van der Waals surface area contributed by atoms with Crippen LogP contribution in [0.5, 0.6) is 0 Å². The predicted molar refractivity (Wildman–Crippen MR) is 60.3 cm³/mol. The smallest absolute Gasteiger partial charge is 0.0746 e. The Balaban J connectivity index is 2.79. The van der Waals surface area contributed by atoms with Gasteiger partial charge in [0.25, 0.3) is 0 Å². The molecule has 2 nitrogen and oxygen atoms in total. The second-order valence-electron chi connectivity index (χ2n) is 5.25. The summed E-state index contributed by atoms with van der Waals surface area (Å²) in [6.07, 6.45) is 5.99. The Morgan fingerprint density at radius 3 is 1.93 bits per heavy atom. The second-order valence-corrected chi connectivity index (χ2v) is 5.25. The van der Waals surface area contributed by atoms with Crippen molar-refractivity contribution in [3.8, 4) is 0 Å². The number of likely N-dealkylation sites (N-methyl/N-ethyl adjacent to an activating group) is 1. The Kier molecular flexibility index (Phi) is 3.96. The molecule has 0 aliphatic heterocycles. The predicted octanol–water partition coefficient (Wildman–Crippen LogP) is 2.27. The summed E-state index contributed by atoms with van der Waals surface area (Å²) in [6, 6.07) is 0. The maximum atomic E-state index is 10.3. The van der Waals surface area contributed by atoms with Crippen molar-refractivity contribution in [3.05, 3.63) is 0 Å². The van der Waals surface area contributed by atoms with E-state index in [1.807, 2.05) is 0 Å². The molecule has 0 heterocycles. The van der Waals surface area contributed by atoms with Gasteiger partial charge >= 0.3 is 0 Å². The van der Waals surface area contributed by atoms with Crippen molar-refractivity contribution < 1.29 is 5.11 Å². The first kappa shape index (κ1) is 12.0. The second kappa shape index (κ2) is 4.63. The van der Waals surface area contributed by atoms with Gasteiger partial charge in [0.2, 0.25) is 0 Å². The van der Waals surface area contributed by atoms with E-state index in [9.17, 15) is 5.11 Å². The van der Waals surface area contributed by atoms with Gasteiger partial charge in [0.1, 0.15) is 0 Å². The van der Waals surface area contributed by atoms with Crippen LogP contribution in [0.2, 0.25) is 0 Å². The zero-order chi connectivity index (χ0) is 10.8. The first-order valence-electron chi connectivity index (χ1n) is 5.86. The van der Waals surface area contributed by atoms with Crippen LogP contribution >= 0.6 is 0 Å². The van der Waals surface area contributed by atoms with E-state index < -0.39 is 0 Å². The molecular formula is C12H25NO. The van der Waals surface area contributed by atoms with Crippen LogP contribution in [-0.4, -0.2) is 35.7 Å². The van der Waals surface area contributed by atoms with Crippen molar-refractivity contribution in [3.63, 3.8) is 0 Å². The van der Waals surface area contributed by atoms with E-state index in [2.05, 4.69) is 32.8 Å². The van der Waals surface area contributed by atoms with Crippen molar-refractivity contribution in [1.82, 2.24) is 4.90 Å². The number of hydrogen-bond acceptors (Lipinski definition) is 2. The van der Waals surface area contributed by atoms with Crippen LogP contribution in [0, 0.1) is 5.92 Å². The molecule has 1 saturated carbocycles. The van der Waals surface area contributed by atoms with Gasteiger partial charge in [0.05, 0.1) is 6.10 Å². The molecule has 1 aliphatic carbocycles. The van der Waals surface area contributed by atoms with Crippen molar-refractivity contribution in [2.24, 2.45) is 5.92 Å². The van der Waals surface area contributed by atoms with Gasteiger partial charge in [-0.1, -0.05) is 33.1 Å². The number of nitrogens with zero attached hydrogens (tertiary/aromatic N) is 1. The molecule has 1 atom stereocenters. The van der Waals surface area contributed by atoms with E-state index in [0.717, 1.165) is 12.8 Å².